The number of piperazine rings is 1. The molecule has 6 heteroatoms. The molecule has 0 aliphatic carbocycles. The van der Waals surface area contributed by atoms with Crippen LogP contribution in [0.1, 0.15) is 26.7 Å². The number of rotatable bonds is 1. The van der Waals surface area contributed by atoms with E-state index in [-0.39, 0.29) is 17.7 Å². The molecule has 0 radical (unpaired) electrons. The summed E-state index contributed by atoms with van der Waals surface area (Å²) in [6, 6.07) is -0.465. The molecule has 2 aliphatic rings. The number of nitrogens with one attached hydrogen (secondary N) is 2. The minimum atomic E-state index is -0.845. The summed E-state index contributed by atoms with van der Waals surface area (Å²) in [5.41, 5.74) is -0.845. The van der Waals surface area contributed by atoms with Crippen LogP contribution >= 0.6 is 0 Å². The monoisotopic (exact) mass is 239 g/mol. The number of carbonyl (C=O) groups excluding carboxylic acids is 3. The van der Waals surface area contributed by atoms with Gasteiger partial charge in [-0.15, -0.1) is 0 Å². The van der Waals surface area contributed by atoms with E-state index < -0.39 is 11.6 Å². The van der Waals surface area contributed by atoms with Gasteiger partial charge in [0.15, 0.2) is 0 Å². The summed E-state index contributed by atoms with van der Waals surface area (Å²) in [7, 11) is 0. The largest absolute Gasteiger partial charge is 0.352 e. The van der Waals surface area contributed by atoms with Crippen molar-refractivity contribution in [3.8, 4) is 0 Å². The molecule has 0 saturated carbocycles. The number of amides is 3. The molecule has 0 unspecified atom stereocenters. The number of hydrogen-bond donors (Lipinski definition) is 2. The fourth-order valence-corrected chi connectivity index (χ4v) is 2.27. The predicted molar refractivity (Wildman–Crippen MR) is 60.0 cm³/mol. The van der Waals surface area contributed by atoms with Gasteiger partial charge < -0.3 is 15.5 Å². The van der Waals surface area contributed by atoms with Crippen LogP contribution in [0.4, 0.5) is 0 Å². The Labute approximate surface area is 99.7 Å². The van der Waals surface area contributed by atoms with E-state index in [9.17, 15) is 14.4 Å². The minimum Gasteiger partial charge on any atom is -0.352 e. The highest BCUT2D eigenvalue weighted by Gasteiger charge is 2.43. The molecule has 94 valence electrons. The van der Waals surface area contributed by atoms with E-state index in [2.05, 4.69) is 10.6 Å². The summed E-state index contributed by atoms with van der Waals surface area (Å²) in [6.07, 6.45) is 0.905. The zero-order valence-corrected chi connectivity index (χ0v) is 10.1. The van der Waals surface area contributed by atoms with Gasteiger partial charge in [0.25, 0.3) is 0 Å². The minimum absolute atomic E-state index is 0.0948. The van der Waals surface area contributed by atoms with Crippen LogP contribution in [0.2, 0.25) is 0 Å². The molecule has 6 nitrogen and oxygen atoms in total. The number of nitrogens with zero attached hydrogens (tertiary/aromatic N) is 1. The molecule has 0 bridgehead atoms. The van der Waals surface area contributed by atoms with Crippen molar-refractivity contribution in [1.82, 2.24) is 15.5 Å². The first-order valence-electron chi connectivity index (χ1n) is 5.82. The summed E-state index contributed by atoms with van der Waals surface area (Å²) >= 11 is 0. The smallest absolute Gasteiger partial charge is 0.246 e. The van der Waals surface area contributed by atoms with E-state index in [1.807, 2.05) is 0 Å². The number of carbonyl (C=O) groups is 3. The van der Waals surface area contributed by atoms with Crippen LogP contribution in [0, 0.1) is 0 Å². The SMILES string of the molecule is CC1(C)C(=O)NCCN1C(=O)[C@H]1CCC(=O)N1. The normalized spacial score (nSPS) is 27.6. The van der Waals surface area contributed by atoms with Crippen molar-refractivity contribution in [2.24, 2.45) is 0 Å². The van der Waals surface area contributed by atoms with E-state index >= 15 is 0 Å². The standard InChI is InChI=1S/C11H17N3O3/c1-11(2)10(17)12-5-6-14(11)9(16)7-3-4-8(15)13-7/h7H,3-6H2,1-2H3,(H,12,17)(H,13,15)/t7-/m1/s1. The first-order valence-corrected chi connectivity index (χ1v) is 5.82. The highest BCUT2D eigenvalue weighted by molar-refractivity contribution is 5.96. The maximum absolute atomic E-state index is 12.2. The van der Waals surface area contributed by atoms with Crippen LogP contribution in [0.3, 0.4) is 0 Å². The summed E-state index contributed by atoms with van der Waals surface area (Å²) in [4.78, 5) is 36.6. The number of hydrogen-bond acceptors (Lipinski definition) is 3. The fraction of sp³-hybridized carbons (Fsp3) is 0.727. The lowest BCUT2D eigenvalue weighted by molar-refractivity contribution is -0.150. The first kappa shape index (κ1) is 11.9. The molecule has 0 aromatic rings. The van der Waals surface area contributed by atoms with Crippen LogP contribution in [0.5, 0.6) is 0 Å². The lowest BCUT2D eigenvalue weighted by Gasteiger charge is -2.42. The Balaban J connectivity index is 2.13. The molecule has 2 N–H and O–H groups in total. The zero-order chi connectivity index (χ0) is 12.6. The van der Waals surface area contributed by atoms with Gasteiger partial charge in [0.1, 0.15) is 11.6 Å². The first-order chi connectivity index (χ1) is 7.93. The maximum atomic E-state index is 12.2. The van der Waals surface area contributed by atoms with Crippen molar-refractivity contribution in [2.45, 2.75) is 38.3 Å². The Hall–Kier alpha value is -1.59. The van der Waals surface area contributed by atoms with Crippen molar-refractivity contribution >= 4 is 17.7 Å². The van der Waals surface area contributed by atoms with E-state index in [1.54, 1.807) is 18.7 Å². The predicted octanol–water partition coefficient (Wildman–Crippen LogP) is -0.998. The average Bonchev–Trinajstić information content (AvgIpc) is 2.68. The van der Waals surface area contributed by atoms with Gasteiger partial charge >= 0.3 is 0 Å². The topological polar surface area (TPSA) is 78.5 Å². The van der Waals surface area contributed by atoms with E-state index in [1.165, 1.54) is 0 Å². The fourth-order valence-electron chi connectivity index (χ4n) is 2.27. The van der Waals surface area contributed by atoms with Gasteiger partial charge in [-0.25, -0.2) is 0 Å². The Morgan fingerprint density at radius 1 is 1.41 bits per heavy atom. The van der Waals surface area contributed by atoms with E-state index in [0.29, 0.717) is 25.9 Å². The Morgan fingerprint density at radius 2 is 2.12 bits per heavy atom. The van der Waals surface area contributed by atoms with E-state index in [4.69, 9.17) is 0 Å². The van der Waals surface area contributed by atoms with Crippen molar-refractivity contribution in [1.29, 1.82) is 0 Å². The summed E-state index contributed by atoms with van der Waals surface area (Å²) in [6.45, 7) is 4.39. The van der Waals surface area contributed by atoms with Crippen LogP contribution in [-0.2, 0) is 14.4 Å². The van der Waals surface area contributed by atoms with Crippen LogP contribution in [0.15, 0.2) is 0 Å². The zero-order valence-electron chi connectivity index (χ0n) is 10.1. The molecule has 2 heterocycles. The molecule has 2 rings (SSSR count). The van der Waals surface area contributed by atoms with Crippen LogP contribution in [-0.4, -0.2) is 47.3 Å². The average molecular weight is 239 g/mol. The lowest BCUT2D eigenvalue weighted by Crippen LogP contribution is -2.65. The third-order valence-electron chi connectivity index (χ3n) is 3.41. The third-order valence-corrected chi connectivity index (χ3v) is 3.41. The lowest BCUT2D eigenvalue weighted by atomic mass is 9.97. The van der Waals surface area contributed by atoms with Crippen molar-refractivity contribution in [3.05, 3.63) is 0 Å². The molecule has 0 spiro atoms. The van der Waals surface area contributed by atoms with Gasteiger partial charge in [-0.1, -0.05) is 0 Å². The highest BCUT2D eigenvalue weighted by Crippen LogP contribution is 2.21. The summed E-state index contributed by atoms with van der Waals surface area (Å²) < 4.78 is 0. The molecule has 3 amide bonds. The molecule has 0 aromatic heterocycles. The Bertz CT molecular complexity index is 378. The molecular formula is C11H17N3O3. The van der Waals surface area contributed by atoms with Crippen LogP contribution < -0.4 is 10.6 Å². The second-order valence-corrected chi connectivity index (χ2v) is 4.96. The van der Waals surface area contributed by atoms with E-state index in [0.717, 1.165) is 0 Å². The molecule has 0 aromatic carbocycles. The maximum Gasteiger partial charge on any atom is 0.246 e. The molecular weight excluding hydrogens is 222 g/mol. The summed E-state index contributed by atoms with van der Waals surface area (Å²) in [5.74, 6) is -0.403. The molecule has 2 saturated heterocycles. The van der Waals surface area contributed by atoms with Gasteiger partial charge in [0, 0.05) is 19.5 Å². The van der Waals surface area contributed by atoms with Gasteiger partial charge in [0.05, 0.1) is 0 Å². The van der Waals surface area contributed by atoms with Crippen molar-refractivity contribution in [3.63, 3.8) is 0 Å². The molecule has 2 aliphatic heterocycles. The van der Waals surface area contributed by atoms with Crippen LogP contribution in [0.25, 0.3) is 0 Å². The third kappa shape index (κ3) is 1.99. The Morgan fingerprint density at radius 3 is 2.71 bits per heavy atom. The second-order valence-electron chi connectivity index (χ2n) is 4.96. The Kier molecular flexibility index (Phi) is 2.81. The van der Waals surface area contributed by atoms with Gasteiger partial charge in [0.2, 0.25) is 17.7 Å². The van der Waals surface area contributed by atoms with Gasteiger partial charge in [-0.2, -0.15) is 0 Å². The molecule has 1 atom stereocenters. The van der Waals surface area contributed by atoms with Crippen molar-refractivity contribution in [2.75, 3.05) is 13.1 Å². The quantitative estimate of drug-likeness (QED) is 0.616. The molecule has 17 heavy (non-hydrogen) atoms. The highest BCUT2D eigenvalue weighted by atomic mass is 16.2. The molecule has 2 fully saturated rings. The summed E-state index contributed by atoms with van der Waals surface area (Å²) in [5, 5.41) is 5.38. The second kappa shape index (κ2) is 4.01. The van der Waals surface area contributed by atoms with Gasteiger partial charge in [-0.3, -0.25) is 14.4 Å². The van der Waals surface area contributed by atoms with Gasteiger partial charge in [-0.05, 0) is 20.3 Å². The van der Waals surface area contributed by atoms with Crippen molar-refractivity contribution < 1.29 is 14.4 Å².